The number of carbonyl (C=O) groups excluding carboxylic acids is 1. The van der Waals surface area contributed by atoms with Gasteiger partial charge in [0.05, 0.1) is 5.69 Å². The molecule has 1 aromatic heterocycles. The van der Waals surface area contributed by atoms with Crippen LogP contribution >= 0.6 is 0 Å². The van der Waals surface area contributed by atoms with Gasteiger partial charge in [-0.3, -0.25) is 4.98 Å². The number of pyridine rings is 1. The fraction of sp³-hybridized carbons (Fsp3) is 0.250. The number of carbonyl (C=O) groups is 1. The van der Waals surface area contributed by atoms with Crippen LogP contribution in [0, 0.1) is 6.92 Å². The van der Waals surface area contributed by atoms with Crippen molar-refractivity contribution >= 4 is 11.7 Å². The summed E-state index contributed by atoms with van der Waals surface area (Å²) in [6.07, 6.45) is 2.66. The number of aliphatic hydroxyl groups is 1. The third kappa shape index (κ3) is 4.60. The molecule has 30 heavy (non-hydrogen) atoms. The van der Waals surface area contributed by atoms with Crippen molar-refractivity contribution in [3.63, 3.8) is 0 Å². The fourth-order valence-corrected chi connectivity index (χ4v) is 3.54. The normalized spacial score (nSPS) is 15.5. The first-order valence-electron chi connectivity index (χ1n) is 10.1. The zero-order valence-corrected chi connectivity index (χ0v) is 16.9. The van der Waals surface area contributed by atoms with Crippen LogP contribution in [0.25, 0.3) is 0 Å². The molecular formula is C24H25N3O3. The van der Waals surface area contributed by atoms with Crippen LogP contribution < -0.4 is 10.1 Å². The number of aryl methyl sites for hydroxylation is 1. The highest BCUT2D eigenvalue weighted by Crippen LogP contribution is 2.32. The zero-order valence-electron chi connectivity index (χ0n) is 16.9. The highest BCUT2D eigenvalue weighted by Gasteiger charge is 2.36. The van der Waals surface area contributed by atoms with Gasteiger partial charge in [-0.15, -0.1) is 0 Å². The molecule has 4 rings (SSSR count). The van der Waals surface area contributed by atoms with Crippen LogP contribution in [0.5, 0.6) is 11.5 Å². The Bertz CT molecular complexity index is 998. The summed E-state index contributed by atoms with van der Waals surface area (Å²) >= 11 is 0. The van der Waals surface area contributed by atoms with Gasteiger partial charge in [-0.1, -0.05) is 30.3 Å². The number of anilines is 1. The van der Waals surface area contributed by atoms with Crippen molar-refractivity contribution in [2.45, 2.75) is 25.4 Å². The maximum atomic E-state index is 12.7. The molecule has 2 heterocycles. The van der Waals surface area contributed by atoms with Gasteiger partial charge in [-0.2, -0.15) is 0 Å². The molecule has 154 valence electrons. The molecule has 0 unspecified atom stereocenters. The first-order valence-corrected chi connectivity index (χ1v) is 10.1. The summed E-state index contributed by atoms with van der Waals surface area (Å²) in [5.74, 6) is 1.39. The van der Waals surface area contributed by atoms with Crippen molar-refractivity contribution < 1.29 is 14.6 Å². The van der Waals surface area contributed by atoms with E-state index < -0.39 is 5.60 Å². The van der Waals surface area contributed by atoms with E-state index in [0.717, 1.165) is 11.3 Å². The number of piperidine rings is 1. The quantitative estimate of drug-likeness (QED) is 0.662. The first kappa shape index (κ1) is 19.9. The van der Waals surface area contributed by atoms with Crippen LogP contribution in [0.1, 0.15) is 24.1 Å². The standard InChI is InChI=1S/C24H25N3O3/c1-18-10-11-22(25-17-18)24(29)12-14-27(15-13-24)23(28)26-19-6-5-9-21(16-19)30-20-7-3-2-4-8-20/h2-11,16-17,29H,12-15H2,1H3,(H,26,28). The summed E-state index contributed by atoms with van der Waals surface area (Å²) < 4.78 is 5.83. The molecule has 3 aromatic rings. The van der Waals surface area contributed by atoms with E-state index in [1.807, 2.05) is 67.6 Å². The Kier molecular flexibility index (Phi) is 5.68. The molecule has 2 aromatic carbocycles. The predicted molar refractivity (Wildman–Crippen MR) is 116 cm³/mol. The number of urea groups is 1. The number of aromatic nitrogens is 1. The Morgan fingerprint density at radius 2 is 1.77 bits per heavy atom. The van der Waals surface area contributed by atoms with Gasteiger partial charge < -0.3 is 20.1 Å². The summed E-state index contributed by atoms with van der Waals surface area (Å²) in [5, 5.41) is 13.9. The first-order chi connectivity index (χ1) is 14.5. The molecule has 2 amide bonds. The maximum Gasteiger partial charge on any atom is 0.321 e. The monoisotopic (exact) mass is 403 g/mol. The van der Waals surface area contributed by atoms with Gasteiger partial charge in [0.15, 0.2) is 0 Å². The highest BCUT2D eigenvalue weighted by atomic mass is 16.5. The number of nitrogens with zero attached hydrogens (tertiary/aromatic N) is 2. The molecule has 0 atom stereocenters. The predicted octanol–water partition coefficient (Wildman–Crippen LogP) is 4.70. The van der Waals surface area contributed by atoms with Gasteiger partial charge in [0.25, 0.3) is 0 Å². The number of nitrogens with one attached hydrogen (secondary N) is 1. The smallest absolute Gasteiger partial charge is 0.321 e. The zero-order chi connectivity index (χ0) is 21.0. The number of rotatable bonds is 4. The lowest BCUT2D eigenvalue weighted by Crippen LogP contribution is -2.47. The average Bonchev–Trinajstić information content (AvgIpc) is 2.75. The molecule has 0 saturated carbocycles. The Labute approximate surface area is 176 Å². The van der Waals surface area contributed by atoms with Crippen molar-refractivity contribution in [3.8, 4) is 11.5 Å². The lowest BCUT2D eigenvalue weighted by molar-refractivity contribution is -0.0193. The van der Waals surface area contributed by atoms with Crippen molar-refractivity contribution in [2.24, 2.45) is 0 Å². The van der Waals surface area contributed by atoms with Crippen molar-refractivity contribution in [3.05, 3.63) is 84.2 Å². The van der Waals surface area contributed by atoms with Crippen LogP contribution in [0.15, 0.2) is 72.9 Å². The van der Waals surface area contributed by atoms with Crippen LogP contribution in [0.2, 0.25) is 0 Å². The van der Waals surface area contributed by atoms with Gasteiger partial charge in [0.1, 0.15) is 17.1 Å². The minimum atomic E-state index is -0.992. The topological polar surface area (TPSA) is 74.7 Å². The Balaban J connectivity index is 1.36. The number of amides is 2. The Hall–Kier alpha value is -3.38. The molecule has 6 heteroatoms. The van der Waals surface area contributed by atoms with Crippen LogP contribution in [-0.4, -0.2) is 34.1 Å². The van der Waals surface area contributed by atoms with Crippen molar-refractivity contribution in [1.29, 1.82) is 0 Å². The van der Waals surface area contributed by atoms with E-state index in [0.29, 0.717) is 43.1 Å². The molecular weight excluding hydrogens is 378 g/mol. The second-order valence-electron chi connectivity index (χ2n) is 7.61. The second kappa shape index (κ2) is 8.55. The number of para-hydroxylation sites is 1. The van der Waals surface area contributed by atoms with Crippen LogP contribution in [0.4, 0.5) is 10.5 Å². The molecule has 1 fully saturated rings. The maximum absolute atomic E-state index is 12.7. The molecule has 1 aliphatic rings. The van der Waals surface area contributed by atoms with Crippen LogP contribution in [-0.2, 0) is 5.60 Å². The molecule has 6 nitrogen and oxygen atoms in total. The Morgan fingerprint density at radius 3 is 2.47 bits per heavy atom. The number of ether oxygens (including phenoxy) is 1. The lowest BCUT2D eigenvalue weighted by atomic mass is 9.87. The van der Waals surface area contributed by atoms with E-state index >= 15 is 0 Å². The van der Waals surface area contributed by atoms with Gasteiger partial charge in [0.2, 0.25) is 0 Å². The van der Waals surface area contributed by atoms with Gasteiger partial charge in [0, 0.05) is 31.0 Å². The van der Waals surface area contributed by atoms with E-state index in [9.17, 15) is 9.90 Å². The van der Waals surface area contributed by atoms with Crippen LogP contribution in [0.3, 0.4) is 0 Å². The minimum absolute atomic E-state index is 0.189. The lowest BCUT2D eigenvalue weighted by Gasteiger charge is -2.37. The van der Waals surface area contributed by atoms with Gasteiger partial charge >= 0.3 is 6.03 Å². The summed E-state index contributed by atoms with van der Waals surface area (Å²) in [6, 6.07) is 20.4. The van der Waals surface area contributed by atoms with E-state index in [4.69, 9.17) is 4.74 Å². The number of benzene rings is 2. The van der Waals surface area contributed by atoms with E-state index in [1.54, 1.807) is 17.2 Å². The molecule has 1 aliphatic heterocycles. The van der Waals surface area contributed by atoms with Gasteiger partial charge in [-0.05, 0) is 55.7 Å². The van der Waals surface area contributed by atoms with E-state index in [1.165, 1.54) is 0 Å². The van der Waals surface area contributed by atoms with E-state index in [2.05, 4.69) is 10.3 Å². The molecule has 1 saturated heterocycles. The molecule has 0 aliphatic carbocycles. The number of hydrogen-bond donors (Lipinski definition) is 2. The summed E-state index contributed by atoms with van der Waals surface area (Å²) in [7, 11) is 0. The van der Waals surface area contributed by atoms with Crippen molar-refractivity contribution in [1.82, 2.24) is 9.88 Å². The SMILES string of the molecule is Cc1ccc(C2(O)CCN(C(=O)Nc3cccc(Oc4ccccc4)c3)CC2)nc1. The Morgan fingerprint density at radius 1 is 1.03 bits per heavy atom. The third-order valence-corrected chi connectivity index (χ3v) is 5.33. The number of hydrogen-bond acceptors (Lipinski definition) is 4. The molecule has 0 bridgehead atoms. The average molecular weight is 403 g/mol. The van der Waals surface area contributed by atoms with Crippen molar-refractivity contribution in [2.75, 3.05) is 18.4 Å². The molecule has 0 spiro atoms. The summed E-state index contributed by atoms with van der Waals surface area (Å²) in [4.78, 5) is 18.8. The largest absolute Gasteiger partial charge is 0.457 e. The molecule has 2 N–H and O–H groups in total. The molecule has 0 radical (unpaired) electrons. The minimum Gasteiger partial charge on any atom is -0.457 e. The number of likely N-dealkylation sites (tertiary alicyclic amines) is 1. The highest BCUT2D eigenvalue weighted by molar-refractivity contribution is 5.89. The second-order valence-corrected chi connectivity index (χ2v) is 7.61. The fourth-order valence-electron chi connectivity index (χ4n) is 3.54. The van der Waals surface area contributed by atoms with Gasteiger partial charge in [-0.25, -0.2) is 4.79 Å². The third-order valence-electron chi connectivity index (χ3n) is 5.33. The summed E-state index contributed by atoms with van der Waals surface area (Å²) in [5.41, 5.74) is 1.39. The summed E-state index contributed by atoms with van der Waals surface area (Å²) in [6.45, 7) is 2.88. The van der Waals surface area contributed by atoms with E-state index in [-0.39, 0.29) is 6.03 Å².